The second-order valence-corrected chi connectivity index (χ2v) is 5.06. The van der Waals surface area contributed by atoms with Crippen LogP contribution in [0.5, 0.6) is 0 Å². The molecule has 1 aromatic carbocycles. The number of nitrogens with one attached hydrogen (secondary N) is 1. The van der Waals surface area contributed by atoms with Gasteiger partial charge < -0.3 is 10.1 Å². The van der Waals surface area contributed by atoms with E-state index in [0.29, 0.717) is 12.6 Å². The zero-order chi connectivity index (χ0) is 13.5. The van der Waals surface area contributed by atoms with Gasteiger partial charge >= 0.3 is 0 Å². The van der Waals surface area contributed by atoms with Gasteiger partial charge in [-0.2, -0.15) is 5.26 Å². The largest absolute Gasteiger partial charge is 0.377 e. The first-order valence-electron chi connectivity index (χ1n) is 7.12. The van der Waals surface area contributed by atoms with E-state index in [1.165, 1.54) is 11.1 Å². The summed E-state index contributed by atoms with van der Waals surface area (Å²) in [5.41, 5.74) is 2.52. The summed E-state index contributed by atoms with van der Waals surface area (Å²) >= 11 is 0. The van der Waals surface area contributed by atoms with Crippen molar-refractivity contribution in [1.29, 1.82) is 5.26 Å². The molecule has 3 heteroatoms. The van der Waals surface area contributed by atoms with Crippen LogP contribution in [-0.2, 0) is 17.9 Å². The highest BCUT2D eigenvalue weighted by Gasteiger charge is 2.26. The summed E-state index contributed by atoms with van der Waals surface area (Å²) in [6.07, 6.45) is 3.32. The van der Waals surface area contributed by atoms with E-state index in [-0.39, 0.29) is 5.92 Å². The Morgan fingerprint density at radius 2 is 2.11 bits per heavy atom. The average molecular weight is 258 g/mol. The van der Waals surface area contributed by atoms with Gasteiger partial charge in [0.2, 0.25) is 0 Å². The van der Waals surface area contributed by atoms with Crippen LogP contribution >= 0.6 is 0 Å². The molecular weight excluding hydrogens is 236 g/mol. The lowest BCUT2D eigenvalue weighted by Crippen LogP contribution is -2.31. The highest BCUT2D eigenvalue weighted by atomic mass is 16.5. The monoisotopic (exact) mass is 258 g/mol. The first-order valence-corrected chi connectivity index (χ1v) is 7.12. The molecule has 3 nitrogen and oxygen atoms in total. The molecule has 2 unspecified atom stereocenters. The van der Waals surface area contributed by atoms with Gasteiger partial charge in [0.25, 0.3) is 0 Å². The molecule has 102 valence electrons. The number of rotatable bonds is 6. The highest BCUT2D eigenvalue weighted by Crippen LogP contribution is 2.25. The molecule has 19 heavy (non-hydrogen) atoms. The summed E-state index contributed by atoms with van der Waals surface area (Å²) in [6, 6.07) is 11.1. The first-order chi connectivity index (χ1) is 9.35. The van der Waals surface area contributed by atoms with E-state index in [2.05, 4.69) is 29.6 Å². The molecule has 0 aromatic heterocycles. The quantitative estimate of drug-likeness (QED) is 0.853. The molecular formula is C16H22N2O. The summed E-state index contributed by atoms with van der Waals surface area (Å²) in [7, 11) is 0. The Kier molecular flexibility index (Phi) is 5.38. The van der Waals surface area contributed by atoms with Crippen molar-refractivity contribution in [3.05, 3.63) is 35.4 Å². The van der Waals surface area contributed by atoms with Gasteiger partial charge in [-0.3, -0.25) is 0 Å². The van der Waals surface area contributed by atoms with Crippen molar-refractivity contribution in [3.8, 4) is 6.07 Å². The van der Waals surface area contributed by atoms with E-state index in [1.807, 2.05) is 13.0 Å². The minimum absolute atomic E-state index is 0.180. The van der Waals surface area contributed by atoms with Crippen LogP contribution in [0.3, 0.4) is 0 Å². The Labute approximate surface area is 115 Å². The van der Waals surface area contributed by atoms with Gasteiger partial charge in [-0.05, 0) is 30.9 Å². The van der Waals surface area contributed by atoms with Gasteiger partial charge in [-0.25, -0.2) is 0 Å². The number of hydrogen-bond donors (Lipinski definition) is 1. The minimum Gasteiger partial charge on any atom is -0.377 e. The maximum absolute atomic E-state index is 9.09. The van der Waals surface area contributed by atoms with E-state index < -0.39 is 0 Å². The summed E-state index contributed by atoms with van der Waals surface area (Å²) in [5, 5.41) is 12.6. The Hall–Kier alpha value is -1.37. The van der Waals surface area contributed by atoms with Crippen LogP contribution < -0.4 is 5.32 Å². The van der Waals surface area contributed by atoms with E-state index in [0.717, 1.165) is 32.4 Å². The number of nitrogens with zero attached hydrogens (tertiary/aromatic N) is 1. The van der Waals surface area contributed by atoms with Crippen molar-refractivity contribution in [2.24, 2.45) is 5.92 Å². The van der Waals surface area contributed by atoms with Crippen LogP contribution in [0.1, 0.15) is 37.3 Å². The van der Waals surface area contributed by atoms with E-state index in [9.17, 15) is 0 Å². The molecule has 0 spiro atoms. The first kappa shape index (κ1) is 14.0. The molecule has 0 radical (unpaired) electrons. The fourth-order valence-corrected chi connectivity index (χ4v) is 2.68. The molecule has 1 saturated carbocycles. The molecule has 1 N–H and O–H groups in total. The van der Waals surface area contributed by atoms with Crippen molar-refractivity contribution < 1.29 is 4.74 Å². The normalized spacial score (nSPS) is 22.3. The van der Waals surface area contributed by atoms with Crippen LogP contribution in [0.25, 0.3) is 0 Å². The standard InChI is InChI=1S/C16H22N2O/c1-2-19-12-15-7-4-3-6-14(15)11-18-16-9-5-8-13(16)10-17/h3-4,6-7,13,16,18H,2,5,8-9,11-12H2,1H3. The second kappa shape index (κ2) is 7.28. The number of ether oxygens (including phenoxy) is 1. The van der Waals surface area contributed by atoms with Gasteiger partial charge in [0.15, 0.2) is 0 Å². The van der Waals surface area contributed by atoms with Gasteiger partial charge in [0, 0.05) is 19.2 Å². The van der Waals surface area contributed by atoms with Crippen molar-refractivity contribution in [2.75, 3.05) is 6.61 Å². The van der Waals surface area contributed by atoms with Gasteiger partial charge in [-0.15, -0.1) is 0 Å². The smallest absolute Gasteiger partial charge is 0.0719 e. The minimum atomic E-state index is 0.180. The second-order valence-electron chi connectivity index (χ2n) is 5.06. The maximum atomic E-state index is 9.09. The molecule has 0 bridgehead atoms. The molecule has 2 rings (SSSR count). The Morgan fingerprint density at radius 1 is 1.32 bits per heavy atom. The zero-order valence-corrected chi connectivity index (χ0v) is 11.6. The van der Waals surface area contributed by atoms with Crippen molar-refractivity contribution in [2.45, 2.75) is 45.4 Å². The summed E-state index contributed by atoms with van der Waals surface area (Å²) in [4.78, 5) is 0. The Bertz CT molecular complexity index is 439. The highest BCUT2D eigenvalue weighted by molar-refractivity contribution is 5.26. The Morgan fingerprint density at radius 3 is 2.84 bits per heavy atom. The van der Waals surface area contributed by atoms with Crippen LogP contribution in [0, 0.1) is 17.2 Å². The third-order valence-electron chi connectivity index (χ3n) is 3.82. The summed E-state index contributed by atoms with van der Waals surface area (Å²) < 4.78 is 5.49. The lowest BCUT2D eigenvalue weighted by molar-refractivity contribution is 0.133. The number of nitriles is 1. The molecule has 0 saturated heterocycles. The molecule has 0 amide bonds. The van der Waals surface area contributed by atoms with Crippen molar-refractivity contribution in [3.63, 3.8) is 0 Å². The van der Waals surface area contributed by atoms with Crippen LogP contribution in [0.15, 0.2) is 24.3 Å². The fourth-order valence-electron chi connectivity index (χ4n) is 2.68. The topological polar surface area (TPSA) is 45.0 Å². The van der Waals surface area contributed by atoms with E-state index in [1.54, 1.807) is 0 Å². The predicted octanol–water partition coefficient (Wildman–Crippen LogP) is 3.00. The zero-order valence-electron chi connectivity index (χ0n) is 11.6. The lowest BCUT2D eigenvalue weighted by Gasteiger charge is -2.17. The van der Waals surface area contributed by atoms with Crippen LogP contribution in [0.4, 0.5) is 0 Å². The number of benzene rings is 1. The van der Waals surface area contributed by atoms with E-state index >= 15 is 0 Å². The third-order valence-corrected chi connectivity index (χ3v) is 3.82. The van der Waals surface area contributed by atoms with Crippen LogP contribution in [0.2, 0.25) is 0 Å². The fraction of sp³-hybridized carbons (Fsp3) is 0.562. The lowest BCUT2D eigenvalue weighted by atomic mass is 10.0. The average Bonchev–Trinajstić information content (AvgIpc) is 2.91. The predicted molar refractivity (Wildman–Crippen MR) is 75.4 cm³/mol. The van der Waals surface area contributed by atoms with Crippen LogP contribution in [-0.4, -0.2) is 12.6 Å². The molecule has 1 aliphatic carbocycles. The SMILES string of the molecule is CCOCc1ccccc1CNC1CCCC1C#N. The Balaban J connectivity index is 1.93. The van der Waals surface area contributed by atoms with E-state index in [4.69, 9.17) is 10.00 Å². The maximum Gasteiger partial charge on any atom is 0.0719 e. The molecule has 1 fully saturated rings. The molecule has 1 aromatic rings. The summed E-state index contributed by atoms with van der Waals surface area (Å²) in [6.45, 7) is 4.24. The van der Waals surface area contributed by atoms with Crippen molar-refractivity contribution >= 4 is 0 Å². The molecule has 0 heterocycles. The molecule has 1 aliphatic rings. The van der Waals surface area contributed by atoms with Crippen molar-refractivity contribution in [1.82, 2.24) is 5.32 Å². The summed E-state index contributed by atoms with van der Waals surface area (Å²) in [5.74, 6) is 0.180. The third kappa shape index (κ3) is 3.79. The van der Waals surface area contributed by atoms with Gasteiger partial charge in [0.05, 0.1) is 18.6 Å². The molecule has 2 atom stereocenters. The van der Waals surface area contributed by atoms with Gasteiger partial charge in [-0.1, -0.05) is 30.7 Å². The van der Waals surface area contributed by atoms with Gasteiger partial charge in [0.1, 0.15) is 0 Å². The molecule has 0 aliphatic heterocycles. The number of hydrogen-bond acceptors (Lipinski definition) is 3.